The molecule has 1 aromatic heterocycles. The highest BCUT2D eigenvalue weighted by atomic mass is 16.3. The van der Waals surface area contributed by atoms with Crippen molar-refractivity contribution in [2.75, 3.05) is 42.6 Å². The van der Waals surface area contributed by atoms with Crippen molar-refractivity contribution in [3.63, 3.8) is 0 Å². The van der Waals surface area contributed by atoms with E-state index < -0.39 is 0 Å². The van der Waals surface area contributed by atoms with Gasteiger partial charge >= 0.3 is 0 Å². The first-order chi connectivity index (χ1) is 13.7. The minimum atomic E-state index is -0.261. The maximum absolute atomic E-state index is 10.1. The fourth-order valence-electron chi connectivity index (χ4n) is 4.34. The predicted octanol–water partition coefficient (Wildman–Crippen LogP) is 2.26. The molecule has 4 rings (SSSR count). The molecule has 6 heteroatoms. The van der Waals surface area contributed by atoms with E-state index in [9.17, 15) is 10.2 Å². The summed E-state index contributed by atoms with van der Waals surface area (Å²) in [7, 11) is 0. The third kappa shape index (κ3) is 4.28. The van der Waals surface area contributed by atoms with Crippen LogP contribution in [0.2, 0.25) is 0 Å². The Bertz CT molecular complexity index is 762. The third-order valence-corrected chi connectivity index (χ3v) is 6.34. The highest BCUT2D eigenvalue weighted by Gasteiger charge is 2.34. The van der Waals surface area contributed by atoms with Gasteiger partial charge in [-0.05, 0) is 49.1 Å². The average molecular weight is 383 g/mol. The number of aryl methyl sites for hydroxylation is 1. The molecule has 2 saturated heterocycles. The SMILES string of the molecule is OCC1(CCc2ccccc2)CCN(c2nccc(N3CC[C@H](O)C3)n2)CC1. The van der Waals surface area contributed by atoms with E-state index in [1.807, 2.05) is 18.3 Å². The Kier molecular flexibility index (Phi) is 5.78. The number of piperidine rings is 1. The Morgan fingerprint density at radius 3 is 2.50 bits per heavy atom. The minimum absolute atomic E-state index is 0.0109. The van der Waals surface area contributed by atoms with Crippen molar-refractivity contribution in [1.29, 1.82) is 0 Å². The van der Waals surface area contributed by atoms with Crippen LogP contribution < -0.4 is 9.80 Å². The first kappa shape index (κ1) is 19.2. The van der Waals surface area contributed by atoms with Crippen LogP contribution in [0.5, 0.6) is 0 Å². The molecule has 2 aromatic rings. The topological polar surface area (TPSA) is 72.7 Å². The first-order valence-electron chi connectivity index (χ1n) is 10.3. The summed E-state index contributed by atoms with van der Waals surface area (Å²) in [6.07, 6.45) is 6.26. The molecule has 6 nitrogen and oxygen atoms in total. The lowest BCUT2D eigenvalue weighted by Gasteiger charge is -2.41. The number of aliphatic hydroxyl groups is 2. The minimum Gasteiger partial charge on any atom is -0.396 e. The van der Waals surface area contributed by atoms with Crippen LogP contribution in [0.4, 0.5) is 11.8 Å². The van der Waals surface area contributed by atoms with Crippen molar-refractivity contribution in [3.05, 3.63) is 48.2 Å². The van der Waals surface area contributed by atoms with Crippen LogP contribution in [-0.2, 0) is 6.42 Å². The zero-order valence-corrected chi connectivity index (χ0v) is 16.4. The van der Waals surface area contributed by atoms with E-state index in [-0.39, 0.29) is 18.1 Å². The Hall–Kier alpha value is -2.18. The summed E-state index contributed by atoms with van der Waals surface area (Å²) < 4.78 is 0. The lowest BCUT2D eigenvalue weighted by molar-refractivity contribution is 0.0871. The van der Waals surface area contributed by atoms with Crippen molar-refractivity contribution in [1.82, 2.24) is 9.97 Å². The molecule has 3 heterocycles. The van der Waals surface area contributed by atoms with Crippen molar-refractivity contribution >= 4 is 11.8 Å². The zero-order chi connectivity index (χ0) is 19.4. The van der Waals surface area contributed by atoms with Crippen molar-refractivity contribution in [2.45, 2.75) is 38.2 Å². The summed E-state index contributed by atoms with van der Waals surface area (Å²) in [6.45, 7) is 3.44. The molecular weight excluding hydrogens is 352 g/mol. The monoisotopic (exact) mass is 382 g/mol. The Balaban J connectivity index is 1.37. The molecule has 0 radical (unpaired) electrons. The molecule has 0 aliphatic carbocycles. The summed E-state index contributed by atoms with van der Waals surface area (Å²) in [5, 5.41) is 19.9. The highest BCUT2D eigenvalue weighted by Crippen LogP contribution is 2.36. The number of rotatable bonds is 6. The van der Waals surface area contributed by atoms with Gasteiger partial charge in [-0.1, -0.05) is 30.3 Å². The molecule has 0 amide bonds. The van der Waals surface area contributed by atoms with Gasteiger partial charge in [-0.2, -0.15) is 4.98 Å². The first-order valence-corrected chi connectivity index (χ1v) is 10.3. The van der Waals surface area contributed by atoms with Gasteiger partial charge in [0.05, 0.1) is 6.10 Å². The normalized spacial score (nSPS) is 21.9. The number of benzene rings is 1. The number of aromatic nitrogens is 2. The molecule has 1 atom stereocenters. The fraction of sp³-hybridized carbons (Fsp3) is 0.545. The molecule has 28 heavy (non-hydrogen) atoms. The van der Waals surface area contributed by atoms with Gasteiger partial charge in [-0.15, -0.1) is 0 Å². The molecular formula is C22H30N4O2. The van der Waals surface area contributed by atoms with Crippen LogP contribution in [0.25, 0.3) is 0 Å². The summed E-state index contributed by atoms with van der Waals surface area (Å²) in [5.41, 5.74) is 1.32. The number of nitrogens with zero attached hydrogens (tertiary/aromatic N) is 4. The molecule has 1 aromatic carbocycles. The molecule has 0 bridgehead atoms. The summed E-state index contributed by atoms with van der Waals surface area (Å²) in [6, 6.07) is 12.4. The summed E-state index contributed by atoms with van der Waals surface area (Å²) >= 11 is 0. The molecule has 2 aliphatic rings. The van der Waals surface area contributed by atoms with Gasteiger partial charge in [-0.3, -0.25) is 0 Å². The van der Waals surface area contributed by atoms with E-state index >= 15 is 0 Å². The second-order valence-electron chi connectivity index (χ2n) is 8.23. The maximum atomic E-state index is 10.1. The van der Waals surface area contributed by atoms with Gasteiger partial charge in [0.25, 0.3) is 0 Å². The van der Waals surface area contributed by atoms with Gasteiger partial charge in [0.2, 0.25) is 5.95 Å². The van der Waals surface area contributed by atoms with E-state index in [0.29, 0.717) is 6.54 Å². The largest absolute Gasteiger partial charge is 0.396 e. The molecule has 2 fully saturated rings. The van der Waals surface area contributed by atoms with Crippen LogP contribution in [0, 0.1) is 5.41 Å². The fourth-order valence-corrected chi connectivity index (χ4v) is 4.34. The molecule has 150 valence electrons. The Labute approximate surface area is 166 Å². The number of aliphatic hydroxyl groups excluding tert-OH is 2. The smallest absolute Gasteiger partial charge is 0.227 e. The van der Waals surface area contributed by atoms with Crippen LogP contribution >= 0.6 is 0 Å². The van der Waals surface area contributed by atoms with Crippen molar-refractivity contribution in [2.24, 2.45) is 5.41 Å². The number of hydrogen-bond acceptors (Lipinski definition) is 6. The molecule has 0 spiro atoms. The Morgan fingerprint density at radius 2 is 1.82 bits per heavy atom. The van der Waals surface area contributed by atoms with Crippen molar-refractivity contribution in [3.8, 4) is 0 Å². The van der Waals surface area contributed by atoms with E-state index in [1.54, 1.807) is 0 Å². The van der Waals surface area contributed by atoms with E-state index in [4.69, 9.17) is 4.98 Å². The summed E-state index contributed by atoms with van der Waals surface area (Å²) in [4.78, 5) is 13.6. The van der Waals surface area contributed by atoms with E-state index in [1.165, 1.54) is 5.56 Å². The van der Waals surface area contributed by atoms with Crippen LogP contribution in [0.1, 0.15) is 31.2 Å². The molecule has 2 aliphatic heterocycles. The third-order valence-electron chi connectivity index (χ3n) is 6.34. The number of anilines is 2. The van der Waals surface area contributed by atoms with E-state index in [0.717, 1.165) is 63.5 Å². The van der Waals surface area contributed by atoms with Crippen LogP contribution in [-0.4, -0.2) is 59.1 Å². The van der Waals surface area contributed by atoms with Gasteiger partial charge in [-0.25, -0.2) is 4.98 Å². The maximum Gasteiger partial charge on any atom is 0.227 e. The highest BCUT2D eigenvalue weighted by molar-refractivity contribution is 5.45. The quantitative estimate of drug-likeness (QED) is 0.798. The van der Waals surface area contributed by atoms with Gasteiger partial charge in [0.15, 0.2) is 0 Å². The molecule has 0 saturated carbocycles. The lowest BCUT2D eigenvalue weighted by Crippen LogP contribution is -2.43. The van der Waals surface area contributed by atoms with E-state index in [2.05, 4.69) is 39.0 Å². The zero-order valence-electron chi connectivity index (χ0n) is 16.4. The summed E-state index contributed by atoms with van der Waals surface area (Å²) in [5.74, 6) is 1.65. The number of hydrogen-bond donors (Lipinski definition) is 2. The average Bonchev–Trinajstić information content (AvgIpc) is 3.20. The van der Waals surface area contributed by atoms with Gasteiger partial charge in [0, 0.05) is 39.0 Å². The van der Waals surface area contributed by atoms with Crippen LogP contribution in [0.3, 0.4) is 0 Å². The van der Waals surface area contributed by atoms with Gasteiger partial charge in [0.1, 0.15) is 5.82 Å². The lowest BCUT2D eigenvalue weighted by atomic mass is 9.75. The standard InChI is InChI=1S/C22H30N4O2/c27-17-22(9-6-18-4-2-1-3-5-18)10-14-25(15-11-22)21-23-12-7-20(24-21)26-13-8-19(28)16-26/h1-5,7,12,19,27-28H,6,8-11,13-17H2/t19-/m0/s1. The Morgan fingerprint density at radius 1 is 1.04 bits per heavy atom. The molecule has 0 unspecified atom stereocenters. The predicted molar refractivity (Wildman–Crippen MR) is 111 cm³/mol. The molecule has 2 N–H and O–H groups in total. The van der Waals surface area contributed by atoms with Crippen LogP contribution in [0.15, 0.2) is 42.6 Å². The number of β-amino-alcohol motifs (C(OH)–C–C–N with tert-alkyl or cyclic N) is 1. The van der Waals surface area contributed by atoms with Crippen molar-refractivity contribution < 1.29 is 10.2 Å². The second-order valence-corrected chi connectivity index (χ2v) is 8.23. The second kappa shape index (κ2) is 8.45. The van der Waals surface area contributed by atoms with Gasteiger partial charge < -0.3 is 20.0 Å².